The van der Waals surface area contributed by atoms with Crippen LogP contribution in [0.5, 0.6) is 5.75 Å². The lowest BCUT2D eigenvalue weighted by Gasteiger charge is -2.39. The molecular formula is C30H31F3N6O5S2. The summed E-state index contributed by atoms with van der Waals surface area (Å²) < 4.78 is 71.3. The molecule has 1 aliphatic carbocycles. The van der Waals surface area contributed by atoms with E-state index in [0.717, 1.165) is 39.8 Å². The molecule has 3 heterocycles. The number of nitrogens with zero attached hydrogens (tertiary/aromatic N) is 5. The van der Waals surface area contributed by atoms with Gasteiger partial charge in [0.15, 0.2) is 10.8 Å². The monoisotopic (exact) mass is 676 g/mol. The number of rotatable bonds is 9. The summed E-state index contributed by atoms with van der Waals surface area (Å²) in [5.41, 5.74) is 0.399. The van der Waals surface area contributed by atoms with E-state index < -0.39 is 39.7 Å². The predicted octanol–water partition coefficient (Wildman–Crippen LogP) is 4.29. The topological polar surface area (TPSA) is 138 Å². The largest absolute Gasteiger partial charge is 0.573 e. The lowest BCUT2D eigenvalue weighted by atomic mass is 9.99. The molecule has 0 bridgehead atoms. The molecule has 0 spiro atoms. The van der Waals surface area contributed by atoms with Crippen molar-refractivity contribution in [3.05, 3.63) is 71.7 Å². The first-order valence-electron chi connectivity index (χ1n) is 14.5. The molecule has 2 aliphatic rings. The van der Waals surface area contributed by atoms with Crippen LogP contribution in [0.3, 0.4) is 0 Å². The van der Waals surface area contributed by atoms with Crippen molar-refractivity contribution in [3.63, 3.8) is 0 Å². The number of ether oxygens (including phenoxy) is 1. The highest BCUT2D eigenvalue weighted by molar-refractivity contribution is 7.89. The molecule has 2 aromatic heterocycles. The minimum Gasteiger partial charge on any atom is -0.406 e. The average molecular weight is 677 g/mol. The van der Waals surface area contributed by atoms with Crippen LogP contribution in [-0.2, 0) is 27.0 Å². The van der Waals surface area contributed by atoms with Gasteiger partial charge in [0, 0.05) is 32.1 Å². The van der Waals surface area contributed by atoms with E-state index in [4.69, 9.17) is 0 Å². The van der Waals surface area contributed by atoms with Gasteiger partial charge in [-0.3, -0.25) is 4.79 Å². The summed E-state index contributed by atoms with van der Waals surface area (Å²) in [6.07, 6.45) is -1.00. The van der Waals surface area contributed by atoms with Gasteiger partial charge in [-0.15, -0.1) is 13.2 Å². The van der Waals surface area contributed by atoms with Crippen molar-refractivity contribution in [3.8, 4) is 5.75 Å². The van der Waals surface area contributed by atoms with Crippen LogP contribution in [0.1, 0.15) is 49.6 Å². The summed E-state index contributed by atoms with van der Waals surface area (Å²) in [5, 5.41) is 13.6. The summed E-state index contributed by atoms with van der Waals surface area (Å²) >= 11 is 1.36. The number of alkyl halides is 3. The zero-order chi connectivity index (χ0) is 32.9. The molecule has 1 amide bonds. The van der Waals surface area contributed by atoms with E-state index in [-0.39, 0.29) is 31.1 Å². The fraction of sp³-hybridized carbons (Fsp3) is 0.400. The van der Waals surface area contributed by atoms with Gasteiger partial charge < -0.3 is 20.1 Å². The molecule has 46 heavy (non-hydrogen) atoms. The van der Waals surface area contributed by atoms with E-state index in [0.29, 0.717) is 27.8 Å². The molecule has 16 heteroatoms. The molecular weight excluding hydrogens is 645 g/mol. The Morgan fingerprint density at radius 2 is 1.76 bits per heavy atom. The Balaban J connectivity index is 1.24. The van der Waals surface area contributed by atoms with E-state index in [9.17, 15) is 31.5 Å². The number of amides is 1. The minimum absolute atomic E-state index is 0.00604. The van der Waals surface area contributed by atoms with Crippen LogP contribution in [0, 0.1) is 0 Å². The maximum absolute atomic E-state index is 13.9. The summed E-state index contributed by atoms with van der Waals surface area (Å²) in [5.74, 6) is 0.116. The Labute approximate surface area is 267 Å². The van der Waals surface area contributed by atoms with Crippen molar-refractivity contribution in [2.45, 2.75) is 62.1 Å². The molecule has 11 nitrogen and oxygen atoms in total. The minimum atomic E-state index is -4.83. The number of piperazine rings is 1. The Bertz CT molecular complexity index is 1840. The van der Waals surface area contributed by atoms with Gasteiger partial charge in [0.2, 0.25) is 15.9 Å². The Morgan fingerprint density at radius 3 is 2.39 bits per heavy atom. The average Bonchev–Trinajstić information content (AvgIpc) is 3.77. The first kappa shape index (κ1) is 32.1. The van der Waals surface area contributed by atoms with Gasteiger partial charge in [0.1, 0.15) is 17.6 Å². The molecule has 1 atom stereocenters. The number of sulfonamides is 1. The Hall–Kier alpha value is -3.86. The smallest absolute Gasteiger partial charge is 0.406 e. The lowest BCUT2D eigenvalue weighted by molar-refractivity contribution is -0.274. The first-order valence-corrected chi connectivity index (χ1v) is 16.8. The number of thiazole rings is 1. The maximum Gasteiger partial charge on any atom is 0.573 e. The van der Waals surface area contributed by atoms with E-state index in [2.05, 4.69) is 25.0 Å². The first-order chi connectivity index (χ1) is 21.7. The SMILES string of the molecule is CC(C)(O)c1ccc(S(=O)(=O)N2CCN(c3nc4nc(C5CC5)ncc4s3)C[C@@H]2C(=O)NCc2ccc(OC(F)(F)F)cc2)cc1. The Morgan fingerprint density at radius 1 is 1.07 bits per heavy atom. The van der Waals surface area contributed by atoms with Crippen LogP contribution in [0.2, 0.25) is 0 Å². The van der Waals surface area contributed by atoms with Gasteiger partial charge in [-0.2, -0.15) is 9.29 Å². The van der Waals surface area contributed by atoms with Gasteiger partial charge in [-0.25, -0.2) is 18.4 Å². The molecule has 2 aromatic carbocycles. The third-order valence-corrected chi connectivity index (χ3v) is 10.8. The zero-order valence-electron chi connectivity index (χ0n) is 24.9. The van der Waals surface area contributed by atoms with Crippen LogP contribution >= 0.6 is 11.3 Å². The highest BCUT2D eigenvalue weighted by Crippen LogP contribution is 2.39. The van der Waals surface area contributed by atoms with E-state index in [1.807, 2.05) is 4.90 Å². The predicted molar refractivity (Wildman–Crippen MR) is 164 cm³/mol. The number of halogens is 3. The molecule has 4 aromatic rings. The third-order valence-electron chi connectivity index (χ3n) is 7.80. The summed E-state index contributed by atoms with van der Waals surface area (Å²) in [4.78, 5) is 29.2. The number of carbonyl (C=O) groups excluding carboxylic acids is 1. The quantitative estimate of drug-likeness (QED) is 0.266. The summed E-state index contributed by atoms with van der Waals surface area (Å²) in [6, 6.07) is 9.73. The van der Waals surface area contributed by atoms with E-state index in [1.165, 1.54) is 47.7 Å². The van der Waals surface area contributed by atoms with Gasteiger partial charge in [0.25, 0.3) is 0 Å². The fourth-order valence-electron chi connectivity index (χ4n) is 5.14. The van der Waals surface area contributed by atoms with E-state index in [1.54, 1.807) is 20.0 Å². The van der Waals surface area contributed by atoms with Crippen LogP contribution in [0.25, 0.3) is 10.3 Å². The van der Waals surface area contributed by atoms with Crippen molar-refractivity contribution in [2.75, 3.05) is 24.5 Å². The third kappa shape index (κ3) is 7.09. The number of hydrogen-bond acceptors (Lipinski definition) is 10. The van der Waals surface area contributed by atoms with Crippen molar-refractivity contribution < 1.29 is 36.2 Å². The van der Waals surface area contributed by atoms with Gasteiger partial charge in [-0.05, 0) is 62.1 Å². The summed E-state index contributed by atoms with van der Waals surface area (Å²) in [6.45, 7) is 3.35. The number of carbonyl (C=O) groups is 1. The normalized spacial score (nSPS) is 18.1. The molecule has 1 aliphatic heterocycles. The highest BCUT2D eigenvalue weighted by atomic mass is 32.2. The maximum atomic E-state index is 13.9. The molecule has 1 saturated carbocycles. The number of aliphatic hydroxyl groups is 1. The molecule has 0 radical (unpaired) electrons. The molecule has 6 rings (SSSR count). The molecule has 2 N–H and O–H groups in total. The number of fused-ring (bicyclic) bond motifs is 1. The second-order valence-corrected chi connectivity index (χ2v) is 14.7. The molecule has 0 unspecified atom stereocenters. The van der Waals surface area contributed by atoms with Crippen LogP contribution in [-0.4, -0.2) is 70.7 Å². The van der Waals surface area contributed by atoms with Crippen molar-refractivity contribution >= 4 is 42.7 Å². The zero-order valence-corrected chi connectivity index (χ0v) is 26.5. The number of hydrogen-bond donors (Lipinski definition) is 2. The Kier molecular flexibility index (Phi) is 8.41. The number of anilines is 1. The fourth-order valence-corrected chi connectivity index (χ4v) is 7.62. The van der Waals surface area contributed by atoms with E-state index >= 15 is 0 Å². The lowest BCUT2D eigenvalue weighted by Crippen LogP contribution is -2.60. The van der Waals surface area contributed by atoms with Crippen LogP contribution < -0.4 is 15.0 Å². The molecule has 244 valence electrons. The van der Waals surface area contributed by atoms with Crippen molar-refractivity contribution in [1.82, 2.24) is 24.6 Å². The van der Waals surface area contributed by atoms with Crippen LogP contribution in [0.4, 0.5) is 18.3 Å². The van der Waals surface area contributed by atoms with Crippen molar-refractivity contribution in [1.29, 1.82) is 0 Å². The standard InChI is InChI=1S/C30H31F3N6O5S2/c1-29(2,41)20-7-11-22(12-8-20)46(42,43)39-14-13-38(28-37-26-24(45-28)16-34-25(36-26)19-5-6-19)17-23(39)27(40)35-15-18-3-9-21(10-4-18)44-30(31,32)33/h3-4,7-12,16,19,23,41H,5-6,13-15,17H2,1-2H3,(H,35,40)/t23-/m1/s1. The van der Waals surface area contributed by atoms with Gasteiger partial charge in [0.05, 0.1) is 21.4 Å². The number of aromatic nitrogens is 3. The molecule has 2 fully saturated rings. The van der Waals surface area contributed by atoms with Gasteiger partial charge >= 0.3 is 6.36 Å². The van der Waals surface area contributed by atoms with Gasteiger partial charge in [-0.1, -0.05) is 35.6 Å². The summed E-state index contributed by atoms with van der Waals surface area (Å²) in [7, 11) is -4.16. The van der Waals surface area contributed by atoms with Crippen LogP contribution in [0.15, 0.2) is 59.6 Å². The molecule has 1 saturated heterocycles. The van der Waals surface area contributed by atoms with Crippen molar-refractivity contribution in [2.24, 2.45) is 0 Å². The number of nitrogens with one attached hydrogen (secondary N) is 1. The second-order valence-electron chi connectivity index (χ2n) is 11.8. The number of benzene rings is 2. The second kappa shape index (κ2) is 12.1. The highest BCUT2D eigenvalue weighted by Gasteiger charge is 2.41.